The molecule has 2 aromatic rings. The molecule has 0 aliphatic rings. The standard InChI is InChI=1S/C25H34N4O2/c1-5-17-31-23-12-10-9-11-22(23)19-28-25(26-6-2)27-18-20-13-15-21(16-14-20)24(30)29(7-3)8-4/h5,9-16H,1,6-8,17-19H2,2-4H3,(H2,26,27,28). The first-order valence-electron chi connectivity index (χ1n) is 10.8. The van der Waals surface area contributed by atoms with Gasteiger partial charge in [0.1, 0.15) is 12.4 Å². The second-order valence-electron chi connectivity index (χ2n) is 6.93. The number of benzene rings is 2. The molecule has 166 valence electrons. The van der Waals surface area contributed by atoms with Gasteiger partial charge < -0.3 is 20.3 Å². The van der Waals surface area contributed by atoms with Gasteiger partial charge in [-0.05, 0) is 44.5 Å². The third-order valence-corrected chi connectivity index (χ3v) is 4.79. The fraction of sp³-hybridized carbons (Fsp3) is 0.360. The number of hydrogen-bond acceptors (Lipinski definition) is 3. The highest BCUT2D eigenvalue weighted by Gasteiger charge is 2.12. The molecule has 0 saturated carbocycles. The largest absolute Gasteiger partial charge is 0.489 e. The quantitative estimate of drug-likeness (QED) is 0.326. The highest BCUT2D eigenvalue weighted by atomic mass is 16.5. The van der Waals surface area contributed by atoms with E-state index in [4.69, 9.17) is 4.74 Å². The summed E-state index contributed by atoms with van der Waals surface area (Å²) >= 11 is 0. The van der Waals surface area contributed by atoms with Crippen LogP contribution in [0.25, 0.3) is 0 Å². The number of nitrogens with zero attached hydrogens (tertiary/aromatic N) is 2. The van der Waals surface area contributed by atoms with Gasteiger partial charge in [0.15, 0.2) is 5.96 Å². The van der Waals surface area contributed by atoms with Gasteiger partial charge in [0.25, 0.3) is 5.91 Å². The van der Waals surface area contributed by atoms with E-state index in [-0.39, 0.29) is 5.91 Å². The highest BCUT2D eigenvalue weighted by molar-refractivity contribution is 5.94. The smallest absolute Gasteiger partial charge is 0.253 e. The zero-order chi connectivity index (χ0) is 22.5. The van der Waals surface area contributed by atoms with Crippen LogP contribution in [-0.2, 0) is 13.1 Å². The second-order valence-corrected chi connectivity index (χ2v) is 6.93. The van der Waals surface area contributed by atoms with Crippen LogP contribution < -0.4 is 15.4 Å². The van der Waals surface area contributed by atoms with E-state index in [1.54, 1.807) is 6.08 Å². The summed E-state index contributed by atoms with van der Waals surface area (Å²) in [7, 11) is 0. The molecule has 0 bridgehead atoms. The van der Waals surface area contributed by atoms with Crippen LogP contribution in [0.4, 0.5) is 0 Å². The first-order valence-corrected chi connectivity index (χ1v) is 10.8. The van der Waals surface area contributed by atoms with Gasteiger partial charge in [-0.25, -0.2) is 4.99 Å². The van der Waals surface area contributed by atoms with Crippen molar-refractivity contribution in [2.24, 2.45) is 4.99 Å². The Morgan fingerprint density at radius 1 is 1.06 bits per heavy atom. The molecule has 0 saturated heterocycles. The second kappa shape index (κ2) is 13.1. The minimum atomic E-state index is 0.0624. The SMILES string of the molecule is C=CCOc1ccccc1CNC(=NCc1ccc(C(=O)N(CC)CC)cc1)NCC. The normalized spacial score (nSPS) is 11.0. The zero-order valence-electron chi connectivity index (χ0n) is 18.9. The molecule has 2 rings (SSSR count). The number of carbonyl (C=O) groups is 1. The fourth-order valence-electron chi connectivity index (χ4n) is 3.08. The topological polar surface area (TPSA) is 66.0 Å². The van der Waals surface area contributed by atoms with Crippen molar-refractivity contribution >= 4 is 11.9 Å². The van der Waals surface area contributed by atoms with Gasteiger partial charge >= 0.3 is 0 Å². The Bertz CT molecular complexity index is 858. The van der Waals surface area contributed by atoms with E-state index < -0.39 is 0 Å². The summed E-state index contributed by atoms with van der Waals surface area (Å²) in [6, 6.07) is 15.6. The maximum absolute atomic E-state index is 12.4. The number of nitrogens with one attached hydrogen (secondary N) is 2. The number of amides is 1. The van der Waals surface area contributed by atoms with E-state index in [1.165, 1.54) is 0 Å². The Kier molecular flexibility index (Phi) is 10.1. The summed E-state index contributed by atoms with van der Waals surface area (Å²) in [6.07, 6.45) is 1.73. The molecule has 6 nitrogen and oxygen atoms in total. The van der Waals surface area contributed by atoms with Gasteiger partial charge in [-0.2, -0.15) is 0 Å². The van der Waals surface area contributed by atoms with Gasteiger partial charge in [0.05, 0.1) is 6.54 Å². The number of ether oxygens (including phenoxy) is 1. The summed E-state index contributed by atoms with van der Waals surface area (Å²) in [5.41, 5.74) is 2.80. The Morgan fingerprint density at radius 2 is 1.77 bits per heavy atom. The van der Waals surface area contributed by atoms with Crippen molar-refractivity contribution in [3.63, 3.8) is 0 Å². The summed E-state index contributed by atoms with van der Waals surface area (Å²) in [5, 5.41) is 6.62. The molecule has 31 heavy (non-hydrogen) atoms. The number of hydrogen-bond donors (Lipinski definition) is 2. The minimum absolute atomic E-state index is 0.0624. The Labute approximate surface area is 186 Å². The summed E-state index contributed by atoms with van der Waals surface area (Å²) < 4.78 is 5.72. The van der Waals surface area contributed by atoms with Crippen molar-refractivity contribution in [3.05, 3.63) is 77.9 Å². The maximum Gasteiger partial charge on any atom is 0.253 e. The first kappa shape index (κ1) is 24.0. The monoisotopic (exact) mass is 422 g/mol. The van der Waals surface area contributed by atoms with Crippen molar-refractivity contribution in [2.45, 2.75) is 33.9 Å². The molecule has 0 atom stereocenters. The zero-order valence-corrected chi connectivity index (χ0v) is 18.9. The molecule has 1 amide bonds. The predicted octanol–water partition coefficient (Wildman–Crippen LogP) is 3.99. The number of guanidine groups is 1. The molecule has 2 aromatic carbocycles. The van der Waals surface area contributed by atoms with Gasteiger partial charge in [-0.3, -0.25) is 4.79 Å². The Hall–Kier alpha value is -3.28. The van der Waals surface area contributed by atoms with Crippen LogP contribution in [0.1, 0.15) is 42.3 Å². The molecule has 2 N–H and O–H groups in total. The summed E-state index contributed by atoms with van der Waals surface area (Å²) in [5.74, 6) is 1.62. The lowest BCUT2D eigenvalue weighted by Crippen LogP contribution is -2.36. The number of carbonyl (C=O) groups excluding carboxylic acids is 1. The van der Waals surface area contributed by atoms with Gasteiger partial charge in [0, 0.05) is 37.3 Å². The van der Waals surface area contributed by atoms with Crippen molar-refractivity contribution in [2.75, 3.05) is 26.2 Å². The predicted molar refractivity (Wildman–Crippen MR) is 127 cm³/mol. The maximum atomic E-state index is 12.4. The molecule has 0 aliphatic carbocycles. The third kappa shape index (κ3) is 7.48. The number of rotatable bonds is 11. The average Bonchev–Trinajstić information content (AvgIpc) is 2.81. The van der Waals surface area contributed by atoms with E-state index in [9.17, 15) is 4.79 Å². The molecule has 0 unspecified atom stereocenters. The van der Waals surface area contributed by atoms with E-state index in [1.807, 2.05) is 74.2 Å². The van der Waals surface area contributed by atoms with E-state index in [2.05, 4.69) is 22.2 Å². The van der Waals surface area contributed by atoms with Crippen molar-refractivity contribution in [3.8, 4) is 5.75 Å². The summed E-state index contributed by atoms with van der Waals surface area (Å²) in [4.78, 5) is 18.9. The van der Waals surface area contributed by atoms with Crippen LogP contribution in [0.15, 0.2) is 66.2 Å². The molecule has 0 spiro atoms. The molecule has 0 aromatic heterocycles. The highest BCUT2D eigenvalue weighted by Crippen LogP contribution is 2.17. The molecule has 0 radical (unpaired) electrons. The molecule has 0 fully saturated rings. The van der Waals surface area contributed by atoms with Crippen LogP contribution in [0.5, 0.6) is 5.75 Å². The van der Waals surface area contributed by atoms with Crippen LogP contribution in [0.3, 0.4) is 0 Å². The Morgan fingerprint density at radius 3 is 2.42 bits per heavy atom. The van der Waals surface area contributed by atoms with Crippen LogP contribution in [0.2, 0.25) is 0 Å². The lowest BCUT2D eigenvalue weighted by atomic mass is 10.1. The average molecular weight is 423 g/mol. The van der Waals surface area contributed by atoms with E-state index >= 15 is 0 Å². The van der Waals surface area contributed by atoms with E-state index in [0.717, 1.165) is 29.4 Å². The van der Waals surface area contributed by atoms with Crippen molar-refractivity contribution in [1.82, 2.24) is 15.5 Å². The van der Waals surface area contributed by atoms with Crippen LogP contribution in [-0.4, -0.2) is 43.0 Å². The molecular weight excluding hydrogens is 388 g/mol. The lowest BCUT2D eigenvalue weighted by Gasteiger charge is -2.18. The third-order valence-electron chi connectivity index (χ3n) is 4.79. The summed E-state index contributed by atoms with van der Waals surface area (Å²) in [6.45, 7) is 13.5. The fourth-order valence-corrected chi connectivity index (χ4v) is 3.08. The van der Waals surface area contributed by atoms with Crippen molar-refractivity contribution in [1.29, 1.82) is 0 Å². The number of aliphatic imine (C=N–C) groups is 1. The van der Waals surface area contributed by atoms with E-state index in [0.29, 0.717) is 38.3 Å². The molecular formula is C25H34N4O2. The molecule has 6 heteroatoms. The molecule has 0 heterocycles. The van der Waals surface area contributed by atoms with Gasteiger partial charge in [-0.1, -0.05) is 43.0 Å². The lowest BCUT2D eigenvalue weighted by molar-refractivity contribution is 0.0773. The van der Waals surface area contributed by atoms with Crippen LogP contribution in [0, 0.1) is 0 Å². The minimum Gasteiger partial charge on any atom is -0.489 e. The van der Waals surface area contributed by atoms with Gasteiger partial charge in [-0.15, -0.1) is 0 Å². The first-order chi connectivity index (χ1) is 15.1. The van der Waals surface area contributed by atoms with Gasteiger partial charge in [0.2, 0.25) is 0 Å². The van der Waals surface area contributed by atoms with Crippen molar-refractivity contribution < 1.29 is 9.53 Å². The van der Waals surface area contributed by atoms with Crippen LogP contribution >= 0.6 is 0 Å². The Balaban J connectivity index is 2.01. The number of para-hydroxylation sites is 1. The molecule has 0 aliphatic heterocycles.